The minimum Gasteiger partial charge on any atom is -0.332 e. The van der Waals surface area contributed by atoms with E-state index in [4.69, 9.17) is 0 Å². The van der Waals surface area contributed by atoms with Crippen molar-refractivity contribution in [2.24, 2.45) is 0 Å². The first-order valence-electron chi connectivity index (χ1n) is 6.72. The molecular formula is C15H12N4OS. The predicted octanol–water partition coefficient (Wildman–Crippen LogP) is 2.28. The lowest BCUT2D eigenvalue weighted by Crippen LogP contribution is -2.36. The first-order chi connectivity index (χ1) is 10.3. The van der Waals surface area contributed by atoms with Crippen molar-refractivity contribution in [1.82, 2.24) is 19.9 Å². The molecule has 0 radical (unpaired) electrons. The van der Waals surface area contributed by atoms with Crippen molar-refractivity contribution in [2.75, 3.05) is 6.54 Å². The number of hydrogen-bond donors (Lipinski definition) is 0. The van der Waals surface area contributed by atoms with Gasteiger partial charge in [-0.1, -0.05) is 0 Å². The summed E-state index contributed by atoms with van der Waals surface area (Å²) in [7, 11) is 0. The predicted molar refractivity (Wildman–Crippen MR) is 80.1 cm³/mol. The number of rotatable bonds is 1. The number of thiazole rings is 1. The van der Waals surface area contributed by atoms with Crippen LogP contribution in [0.4, 0.5) is 0 Å². The van der Waals surface area contributed by atoms with Gasteiger partial charge in [0.15, 0.2) is 5.65 Å². The van der Waals surface area contributed by atoms with E-state index < -0.39 is 0 Å². The summed E-state index contributed by atoms with van der Waals surface area (Å²) >= 11 is 1.44. The van der Waals surface area contributed by atoms with E-state index in [1.165, 1.54) is 11.3 Å². The van der Waals surface area contributed by atoms with Gasteiger partial charge in [-0.05, 0) is 23.8 Å². The SMILES string of the molecule is O=C(c1cscn1)N1CCc2nc3ncccc3cc2C1. The van der Waals surface area contributed by atoms with Crippen LogP contribution in [0.15, 0.2) is 35.3 Å². The summed E-state index contributed by atoms with van der Waals surface area (Å²) < 4.78 is 0. The number of carbonyl (C=O) groups excluding carboxylic acids is 1. The second-order valence-corrected chi connectivity index (χ2v) is 5.71. The second kappa shape index (κ2) is 4.89. The molecule has 0 N–H and O–H groups in total. The Balaban J connectivity index is 1.68. The molecule has 0 saturated heterocycles. The van der Waals surface area contributed by atoms with Crippen LogP contribution in [0.25, 0.3) is 11.0 Å². The van der Waals surface area contributed by atoms with E-state index in [1.54, 1.807) is 17.1 Å². The number of fused-ring (bicyclic) bond motifs is 2. The Morgan fingerprint density at radius 2 is 2.29 bits per heavy atom. The Kier molecular flexibility index (Phi) is 2.89. The monoisotopic (exact) mass is 296 g/mol. The summed E-state index contributed by atoms with van der Waals surface area (Å²) in [5.41, 5.74) is 5.13. The quantitative estimate of drug-likeness (QED) is 0.691. The Hall–Kier alpha value is -2.34. The van der Waals surface area contributed by atoms with Crippen LogP contribution in [0.5, 0.6) is 0 Å². The molecule has 0 spiro atoms. The van der Waals surface area contributed by atoms with Gasteiger partial charge in [0.1, 0.15) is 5.69 Å². The van der Waals surface area contributed by atoms with Crippen LogP contribution in [0.1, 0.15) is 21.7 Å². The summed E-state index contributed by atoms with van der Waals surface area (Å²) in [6, 6.07) is 5.99. The maximum atomic E-state index is 12.4. The Labute approximate surface area is 125 Å². The topological polar surface area (TPSA) is 59.0 Å². The molecule has 21 heavy (non-hydrogen) atoms. The fourth-order valence-corrected chi connectivity index (χ4v) is 3.14. The summed E-state index contributed by atoms with van der Waals surface area (Å²) in [6.45, 7) is 1.26. The van der Waals surface area contributed by atoms with E-state index >= 15 is 0 Å². The molecule has 4 rings (SSSR count). The molecule has 0 saturated carbocycles. The lowest BCUT2D eigenvalue weighted by molar-refractivity contribution is 0.0728. The van der Waals surface area contributed by atoms with Crippen LogP contribution in [-0.2, 0) is 13.0 Å². The third-order valence-electron chi connectivity index (χ3n) is 3.68. The smallest absolute Gasteiger partial charge is 0.273 e. The van der Waals surface area contributed by atoms with Gasteiger partial charge in [-0.3, -0.25) is 4.79 Å². The number of aromatic nitrogens is 3. The van der Waals surface area contributed by atoms with Gasteiger partial charge >= 0.3 is 0 Å². The average Bonchev–Trinajstić information content (AvgIpc) is 3.06. The molecule has 6 heteroatoms. The van der Waals surface area contributed by atoms with Gasteiger partial charge in [0, 0.05) is 42.2 Å². The zero-order valence-corrected chi connectivity index (χ0v) is 12.0. The van der Waals surface area contributed by atoms with Crippen molar-refractivity contribution in [3.05, 3.63) is 52.2 Å². The molecular weight excluding hydrogens is 284 g/mol. The maximum Gasteiger partial charge on any atom is 0.273 e. The minimum atomic E-state index is -0.00631. The van der Waals surface area contributed by atoms with Gasteiger partial charge in [-0.15, -0.1) is 11.3 Å². The Morgan fingerprint density at radius 1 is 1.33 bits per heavy atom. The number of hydrogen-bond acceptors (Lipinski definition) is 5. The molecule has 0 aromatic carbocycles. The van der Waals surface area contributed by atoms with E-state index in [1.807, 2.05) is 17.0 Å². The van der Waals surface area contributed by atoms with Crippen LogP contribution >= 0.6 is 11.3 Å². The van der Waals surface area contributed by atoms with Gasteiger partial charge in [0.2, 0.25) is 0 Å². The van der Waals surface area contributed by atoms with Gasteiger partial charge in [0.25, 0.3) is 5.91 Å². The first-order valence-corrected chi connectivity index (χ1v) is 7.66. The van der Waals surface area contributed by atoms with E-state index in [9.17, 15) is 4.79 Å². The summed E-state index contributed by atoms with van der Waals surface area (Å²) in [5, 5.41) is 2.81. The zero-order chi connectivity index (χ0) is 14.2. The molecule has 5 nitrogen and oxygen atoms in total. The third kappa shape index (κ3) is 2.17. The van der Waals surface area contributed by atoms with E-state index in [0.717, 1.165) is 28.7 Å². The van der Waals surface area contributed by atoms with E-state index in [0.29, 0.717) is 18.8 Å². The third-order valence-corrected chi connectivity index (χ3v) is 4.26. The normalized spacial score (nSPS) is 14.2. The van der Waals surface area contributed by atoms with Crippen molar-refractivity contribution in [3.8, 4) is 0 Å². The molecule has 0 fully saturated rings. The molecule has 0 aliphatic carbocycles. The minimum absolute atomic E-state index is 0.00631. The lowest BCUT2D eigenvalue weighted by atomic mass is 10.0. The highest BCUT2D eigenvalue weighted by atomic mass is 32.1. The zero-order valence-electron chi connectivity index (χ0n) is 11.2. The van der Waals surface area contributed by atoms with Crippen molar-refractivity contribution in [2.45, 2.75) is 13.0 Å². The van der Waals surface area contributed by atoms with Crippen LogP contribution in [-0.4, -0.2) is 32.3 Å². The average molecular weight is 296 g/mol. The largest absolute Gasteiger partial charge is 0.332 e. The Bertz CT molecular complexity index is 816. The van der Waals surface area contributed by atoms with Gasteiger partial charge in [-0.25, -0.2) is 15.0 Å². The van der Waals surface area contributed by atoms with Crippen LogP contribution in [0.2, 0.25) is 0 Å². The molecule has 4 heterocycles. The fraction of sp³-hybridized carbons (Fsp3) is 0.200. The summed E-state index contributed by atoms with van der Waals surface area (Å²) in [5.74, 6) is -0.00631. The van der Waals surface area contributed by atoms with Crippen molar-refractivity contribution in [1.29, 1.82) is 0 Å². The van der Waals surface area contributed by atoms with Crippen LogP contribution in [0, 0.1) is 0 Å². The number of nitrogens with zero attached hydrogens (tertiary/aromatic N) is 4. The van der Waals surface area contributed by atoms with Crippen LogP contribution in [0.3, 0.4) is 0 Å². The van der Waals surface area contributed by atoms with Crippen LogP contribution < -0.4 is 0 Å². The van der Waals surface area contributed by atoms with Crippen molar-refractivity contribution < 1.29 is 4.79 Å². The van der Waals surface area contributed by atoms with E-state index in [2.05, 4.69) is 21.0 Å². The highest BCUT2D eigenvalue weighted by molar-refractivity contribution is 7.07. The number of amides is 1. The van der Waals surface area contributed by atoms with E-state index in [-0.39, 0.29) is 5.91 Å². The molecule has 1 aliphatic heterocycles. The summed E-state index contributed by atoms with van der Waals surface area (Å²) in [6.07, 6.45) is 2.51. The highest BCUT2D eigenvalue weighted by Gasteiger charge is 2.24. The first kappa shape index (κ1) is 12.4. The molecule has 3 aromatic rings. The van der Waals surface area contributed by atoms with Gasteiger partial charge in [0.05, 0.1) is 5.51 Å². The molecule has 1 aliphatic rings. The molecule has 0 unspecified atom stereocenters. The fourth-order valence-electron chi connectivity index (χ4n) is 2.62. The second-order valence-electron chi connectivity index (χ2n) is 4.99. The van der Waals surface area contributed by atoms with Gasteiger partial charge in [-0.2, -0.15) is 0 Å². The summed E-state index contributed by atoms with van der Waals surface area (Å²) in [4.78, 5) is 27.2. The lowest BCUT2D eigenvalue weighted by Gasteiger charge is -2.27. The molecule has 104 valence electrons. The van der Waals surface area contributed by atoms with Gasteiger partial charge < -0.3 is 4.90 Å². The van der Waals surface area contributed by atoms with Crippen molar-refractivity contribution >= 4 is 28.3 Å². The molecule has 0 bridgehead atoms. The standard InChI is InChI=1S/C15H12N4OS/c20-15(13-8-21-9-17-13)19-5-3-12-11(7-19)6-10-2-1-4-16-14(10)18-12/h1-2,4,6,8-9H,3,5,7H2. The molecule has 0 atom stereocenters. The highest BCUT2D eigenvalue weighted by Crippen LogP contribution is 2.22. The number of carbonyl (C=O) groups is 1. The maximum absolute atomic E-state index is 12.4. The van der Waals surface area contributed by atoms with Crippen molar-refractivity contribution in [3.63, 3.8) is 0 Å². The Morgan fingerprint density at radius 3 is 3.14 bits per heavy atom. The number of pyridine rings is 2. The molecule has 1 amide bonds. The molecule has 3 aromatic heterocycles.